The standard InChI is InChI=1S/C22H25NO4/c1-14-6-8-17(9-7-14)20(25)27-15(2)19(24)16-10-12-18(13-11-16)23-21(26)22(3,4)5/h6-13,15H,1-5H3,(H,23,26)/t15-/m1/s1. The van der Waals surface area contributed by atoms with Crippen LogP contribution in [0.2, 0.25) is 0 Å². The summed E-state index contributed by atoms with van der Waals surface area (Å²) < 4.78 is 5.27. The number of carbonyl (C=O) groups excluding carboxylic acids is 3. The fourth-order valence-corrected chi connectivity index (χ4v) is 2.24. The molecule has 0 spiro atoms. The first-order valence-corrected chi connectivity index (χ1v) is 8.81. The molecule has 2 aromatic rings. The van der Waals surface area contributed by atoms with Crippen LogP contribution in [0.5, 0.6) is 0 Å². The summed E-state index contributed by atoms with van der Waals surface area (Å²) in [6.45, 7) is 8.94. The van der Waals surface area contributed by atoms with Crippen LogP contribution in [0.1, 0.15) is 54.0 Å². The van der Waals surface area contributed by atoms with Gasteiger partial charge in [0.15, 0.2) is 6.10 Å². The molecule has 1 N–H and O–H groups in total. The zero-order valence-corrected chi connectivity index (χ0v) is 16.3. The van der Waals surface area contributed by atoms with Crippen LogP contribution in [-0.4, -0.2) is 23.8 Å². The van der Waals surface area contributed by atoms with E-state index >= 15 is 0 Å². The van der Waals surface area contributed by atoms with E-state index in [4.69, 9.17) is 4.74 Å². The number of carbonyl (C=O) groups is 3. The molecule has 2 rings (SSSR count). The molecule has 142 valence electrons. The lowest BCUT2D eigenvalue weighted by Crippen LogP contribution is -2.27. The van der Waals surface area contributed by atoms with Gasteiger partial charge >= 0.3 is 5.97 Å². The van der Waals surface area contributed by atoms with Crippen LogP contribution < -0.4 is 5.32 Å². The Bertz CT molecular complexity index is 830. The number of aryl methyl sites for hydroxylation is 1. The molecule has 0 radical (unpaired) electrons. The monoisotopic (exact) mass is 367 g/mol. The number of benzene rings is 2. The maximum Gasteiger partial charge on any atom is 0.338 e. The van der Waals surface area contributed by atoms with Gasteiger partial charge in [0.1, 0.15) is 0 Å². The molecule has 0 unspecified atom stereocenters. The summed E-state index contributed by atoms with van der Waals surface area (Å²) in [6.07, 6.45) is -0.909. The number of nitrogens with one attached hydrogen (secondary N) is 1. The quantitative estimate of drug-likeness (QED) is 0.628. The van der Waals surface area contributed by atoms with Crippen molar-refractivity contribution in [2.45, 2.75) is 40.7 Å². The second kappa shape index (κ2) is 8.16. The second-order valence-corrected chi connectivity index (χ2v) is 7.56. The molecule has 0 heterocycles. The van der Waals surface area contributed by atoms with Crippen LogP contribution in [-0.2, 0) is 9.53 Å². The first-order valence-electron chi connectivity index (χ1n) is 8.81. The summed E-state index contributed by atoms with van der Waals surface area (Å²) in [6, 6.07) is 13.5. The van der Waals surface area contributed by atoms with Crippen molar-refractivity contribution >= 4 is 23.3 Å². The van der Waals surface area contributed by atoms with Crippen molar-refractivity contribution in [1.29, 1.82) is 0 Å². The van der Waals surface area contributed by atoms with Gasteiger partial charge in [-0.25, -0.2) is 4.79 Å². The van der Waals surface area contributed by atoms with E-state index in [0.29, 0.717) is 16.8 Å². The lowest BCUT2D eigenvalue weighted by atomic mass is 9.95. The summed E-state index contributed by atoms with van der Waals surface area (Å²) in [5, 5.41) is 2.80. The van der Waals surface area contributed by atoms with Crippen molar-refractivity contribution < 1.29 is 19.1 Å². The van der Waals surface area contributed by atoms with Crippen molar-refractivity contribution in [3.8, 4) is 0 Å². The molecule has 0 aliphatic carbocycles. The van der Waals surface area contributed by atoms with E-state index in [9.17, 15) is 14.4 Å². The normalized spacial score (nSPS) is 12.2. The SMILES string of the molecule is Cc1ccc(C(=O)O[C@H](C)C(=O)c2ccc(NC(=O)C(C)(C)C)cc2)cc1. The maximum absolute atomic E-state index is 12.5. The largest absolute Gasteiger partial charge is 0.451 e. The summed E-state index contributed by atoms with van der Waals surface area (Å²) in [5.74, 6) is -0.948. The Hall–Kier alpha value is -2.95. The molecule has 5 nitrogen and oxygen atoms in total. The topological polar surface area (TPSA) is 72.5 Å². The molecule has 27 heavy (non-hydrogen) atoms. The van der Waals surface area contributed by atoms with Gasteiger partial charge in [0.05, 0.1) is 5.56 Å². The van der Waals surface area contributed by atoms with Crippen LogP contribution in [0, 0.1) is 12.3 Å². The Morgan fingerprint density at radius 3 is 1.93 bits per heavy atom. The zero-order valence-electron chi connectivity index (χ0n) is 16.3. The van der Waals surface area contributed by atoms with Crippen LogP contribution >= 0.6 is 0 Å². The number of esters is 1. The predicted molar refractivity (Wildman–Crippen MR) is 105 cm³/mol. The highest BCUT2D eigenvalue weighted by Gasteiger charge is 2.22. The lowest BCUT2D eigenvalue weighted by molar-refractivity contribution is -0.123. The molecule has 5 heteroatoms. The van der Waals surface area contributed by atoms with Gasteiger partial charge in [-0.05, 0) is 50.2 Å². The highest BCUT2D eigenvalue weighted by molar-refractivity contribution is 6.02. The van der Waals surface area contributed by atoms with E-state index in [0.717, 1.165) is 5.56 Å². The van der Waals surface area contributed by atoms with E-state index in [2.05, 4.69) is 5.32 Å². The van der Waals surface area contributed by atoms with Crippen molar-refractivity contribution in [2.75, 3.05) is 5.32 Å². The second-order valence-electron chi connectivity index (χ2n) is 7.56. The van der Waals surface area contributed by atoms with Crippen LogP contribution in [0.25, 0.3) is 0 Å². The lowest BCUT2D eigenvalue weighted by Gasteiger charge is -2.18. The third-order valence-electron chi connectivity index (χ3n) is 4.05. The smallest absolute Gasteiger partial charge is 0.338 e. The number of anilines is 1. The number of hydrogen-bond acceptors (Lipinski definition) is 4. The summed E-state index contributed by atoms with van der Waals surface area (Å²) in [5.41, 5.74) is 1.95. The summed E-state index contributed by atoms with van der Waals surface area (Å²) in [4.78, 5) is 36.6. The van der Waals surface area contributed by atoms with E-state index in [-0.39, 0.29) is 11.7 Å². The Morgan fingerprint density at radius 2 is 1.41 bits per heavy atom. The minimum absolute atomic E-state index is 0.109. The summed E-state index contributed by atoms with van der Waals surface area (Å²) in [7, 11) is 0. The molecule has 1 atom stereocenters. The molecule has 0 saturated heterocycles. The van der Waals surface area contributed by atoms with Crippen molar-refractivity contribution in [1.82, 2.24) is 0 Å². The van der Waals surface area contributed by atoms with Gasteiger partial charge in [0, 0.05) is 16.7 Å². The van der Waals surface area contributed by atoms with Gasteiger partial charge < -0.3 is 10.1 Å². The number of rotatable bonds is 5. The Labute approximate surface area is 159 Å². The van der Waals surface area contributed by atoms with E-state index in [1.807, 2.05) is 39.8 Å². The minimum atomic E-state index is -0.909. The molecule has 2 aromatic carbocycles. The van der Waals surface area contributed by atoms with E-state index in [1.165, 1.54) is 0 Å². The van der Waals surface area contributed by atoms with Gasteiger partial charge in [-0.15, -0.1) is 0 Å². The number of hydrogen-bond donors (Lipinski definition) is 1. The Kier molecular flexibility index (Phi) is 6.16. The maximum atomic E-state index is 12.5. The van der Waals surface area contributed by atoms with Gasteiger partial charge in [-0.3, -0.25) is 9.59 Å². The first kappa shape index (κ1) is 20.4. The number of amides is 1. The third-order valence-corrected chi connectivity index (χ3v) is 4.05. The Balaban J connectivity index is 2.01. The average molecular weight is 367 g/mol. The van der Waals surface area contributed by atoms with Crippen molar-refractivity contribution in [3.05, 3.63) is 65.2 Å². The van der Waals surface area contributed by atoms with E-state index in [1.54, 1.807) is 43.3 Å². The highest BCUT2D eigenvalue weighted by atomic mass is 16.5. The number of ether oxygens (including phenoxy) is 1. The van der Waals surface area contributed by atoms with Crippen LogP contribution in [0.3, 0.4) is 0 Å². The molecular weight excluding hydrogens is 342 g/mol. The van der Waals surface area contributed by atoms with Gasteiger partial charge in [0.2, 0.25) is 11.7 Å². The molecule has 0 aliphatic heterocycles. The molecule has 0 fully saturated rings. The van der Waals surface area contributed by atoms with Gasteiger partial charge in [0.25, 0.3) is 0 Å². The molecule has 0 aromatic heterocycles. The van der Waals surface area contributed by atoms with Crippen LogP contribution in [0.4, 0.5) is 5.69 Å². The summed E-state index contributed by atoms with van der Waals surface area (Å²) >= 11 is 0. The third kappa shape index (κ3) is 5.51. The molecule has 0 saturated carbocycles. The van der Waals surface area contributed by atoms with Crippen molar-refractivity contribution in [2.24, 2.45) is 5.41 Å². The minimum Gasteiger partial charge on any atom is -0.451 e. The number of Topliss-reactive ketones (excluding diaryl/α,β-unsaturated/α-hetero) is 1. The fraction of sp³-hybridized carbons (Fsp3) is 0.318. The fourth-order valence-electron chi connectivity index (χ4n) is 2.24. The first-order chi connectivity index (χ1) is 12.6. The highest BCUT2D eigenvalue weighted by Crippen LogP contribution is 2.18. The molecular formula is C22H25NO4. The van der Waals surface area contributed by atoms with Gasteiger partial charge in [-0.2, -0.15) is 0 Å². The van der Waals surface area contributed by atoms with Crippen LogP contribution in [0.15, 0.2) is 48.5 Å². The zero-order chi connectivity index (χ0) is 20.2. The van der Waals surface area contributed by atoms with Gasteiger partial charge in [-0.1, -0.05) is 38.5 Å². The average Bonchev–Trinajstić information content (AvgIpc) is 2.61. The number of ketones is 1. The molecule has 0 aliphatic rings. The van der Waals surface area contributed by atoms with Crippen molar-refractivity contribution in [3.63, 3.8) is 0 Å². The van der Waals surface area contributed by atoms with E-state index < -0.39 is 17.5 Å². The molecule has 0 bridgehead atoms. The predicted octanol–water partition coefficient (Wildman–Crippen LogP) is 4.41. The molecule has 1 amide bonds. The Morgan fingerprint density at radius 1 is 0.889 bits per heavy atom.